The number of carbonyl (C=O) groups excluding carboxylic acids is 2. The number of hydrogen-bond donors (Lipinski definition) is 3. The molecular formula is C15H30ClN3O2. The van der Waals surface area contributed by atoms with Crippen LogP contribution in [0, 0.1) is 11.8 Å². The molecule has 0 aromatic carbocycles. The van der Waals surface area contributed by atoms with Gasteiger partial charge in [-0.25, -0.2) is 0 Å². The van der Waals surface area contributed by atoms with E-state index < -0.39 is 6.04 Å². The maximum absolute atomic E-state index is 11.8. The Hall–Kier alpha value is -0.810. The van der Waals surface area contributed by atoms with Crippen LogP contribution in [0.2, 0.25) is 0 Å². The fourth-order valence-corrected chi connectivity index (χ4v) is 2.64. The van der Waals surface area contributed by atoms with E-state index in [0.717, 1.165) is 0 Å². The van der Waals surface area contributed by atoms with Crippen LogP contribution >= 0.6 is 12.4 Å². The average molecular weight is 320 g/mol. The Morgan fingerprint density at radius 1 is 1.14 bits per heavy atom. The molecule has 1 aliphatic carbocycles. The third-order valence-corrected chi connectivity index (χ3v) is 4.19. The minimum atomic E-state index is -0.557. The third-order valence-electron chi connectivity index (χ3n) is 4.19. The minimum absolute atomic E-state index is 0. The van der Waals surface area contributed by atoms with E-state index in [1.807, 2.05) is 13.8 Å². The lowest BCUT2D eigenvalue weighted by Crippen LogP contribution is -2.49. The Morgan fingerprint density at radius 3 is 2.24 bits per heavy atom. The van der Waals surface area contributed by atoms with Crippen LogP contribution in [0.4, 0.5) is 0 Å². The fourth-order valence-electron chi connectivity index (χ4n) is 2.64. The van der Waals surface area contributed by atoms with E-state index >= 15 is 0 Å². The second-order valence-corrected chi connectivity index (χ2v) is 6.24. The summed E-state index contributed by atoms with van der Waals surface area (Å²) < 4.78 is 0. The predicted octanol–water partition coefficient (Wildman–Crippen LogP) is 1.59. The first-order valence-corrected chi connectivity index (χ1v) is 7.74. The maximum Gasteiger partial charge on any atom is 0.239 e. The molecule has 1 aliphatic rings. The lowest BCUT2D eigenvalue weighted by atomic mass is 9.84. The van der Waals surface area contributed by atoms with Crippen molar-refractivity contribution >= 4 is 24.2 Å². The van der Waals surface area contributed by atoms with Crippen molar-refractivity contribution in [2.75, 3.05) is 6.54 Å². The largest absolute Gasteiger partial charge is 0.352 e. The van der Waals surface area contributed by atoms with Gasteiger partial charge >= 0.3 is 0 Å². The Labute approximate surface area is 134 Å². The second kappa shape index (κ2) is 10.0. The van der Waals surface area contributed by atoms with Gasteiger partial charge in [0.15, 0.2) is 0 Å². The van der Waals surface area contributed by atoms with Gasteiger partial charge < -0.3 is 16.4 Å². The monoisotopic (exact) mass is 319 g/mol. The molecule has 0 radical (unpaired) electrons. The molecule has 0 aromatic heterocycles. The first-order valence-electron chi connectivity index (χ1n) is 7.74. The van der Waals surface area contributed by atoms with Gasteiger partial charge in [0.05, 0.1) is 12.6 Å². The lowest BCUT2D eigenvalue weighted by molar-refractivity contribution is -0.127. The number of hydrogen-bond acceptors (Lipinski definition) is 3. The number of amides is 2. The van der Waals surface area contributed by atoms with Crippen LogP contribution in [-0.2, 0) is 9.59 Å². The Kier molecular flexibility index (Phi) is 9.62. The first kappa shape index (κ1) is 20.2. The molecule has 0 bridgehead atoms. The molecule has 1 rings (SSSR count). The van der Waals surface area contributed by atoms with Gasteiger partial charge in [0, 0.05) is 6.04 Å². The molecule has 1 unspecified atom stereocenters. The summed E-state index contributed by atoms with van der Waals surface area (Å²) >= 11 is 0. The number of rotatable bonds is 6. The standard InChI is InChI=1S/C15H29N3O2.ClH/c1-10(2)14(16)15(20)17-9-13(19)18-11(3)12-7-5-4-6-8-12;/h10-12,14H,4-9,16H2,1-3H3,(H,17,20)(H,18,19);1H/t11?,14-;/m0./s1. The van der Waals surface area contributed by atoms with Crippen LogP contribution in [0.5, 0.6) is 0 Å². The molecule has 1 saturated carbocycles. The van der Waals surface area contributed by atoms with E-state index in [4.69, 9.17) is 5.73 Å². The van der Waals surface area contributed by atoms with E-state index in [0.29, 0.717) is 5.92 Å². The highest BCUT2D eigenvalue weighted by Gasteiger charge is 2.22. The van der Waals surface area contributed by atoms with Gasteiger partial charge in [-0.3, -0.25) is 9.59 Å². The number of nitrogens with one attached hydrogen (secondary N) is 2. The molecular weight excluding hydrogens is 290 g/mol. The molecule has 21 heavy (non-hydrogen) atoms. The molecule has 0 aliphatic heterocycles. The normalized spacial score (nSPS) is 18.5. The number of carbonyl (C=O) groups is 2. The van der Waals surface area contributed by atoms with Gasteiger partial charge in [0.25, 0.3) is 0 Å². The van der Waals surface area contributed by atoms with Crippen LogP contribution in [-0.4, -0.2) is 30.4 Å². The molecule has 1 fully saturated rings. The Bertz CT molecular complexity index is 331. The summed E-state index contributed by atoms with van der Waals surface area (Å²) in [5.74, 6) is 0.244. The number of halogens is 1. The van der Waals surface area contributed by atoms with E-state index in [2.05, 4.69) is 17.6 Å². The third kappa shape index (κ3) is 7.14. The van der Waals surface area contributed by atoms with Crippen molar-refractivity contribution in [3.8, 4) is 0 Å². The molecule has 0 spiro atoms. The van der Waals surface area contributed by atoms with E-state index in [-0.39, 0.29) is 42.7 Å². The molecule has 0 heterocycles. The highest BCUT2D eigenvalue weighted by Crippen LogP contribution is 2.26. The van der Waals surface area contributed by atoms with Crippen molar-refractivity contribution in [3.63, 3.8) is 0 Å². The Balaban J connectivity index is 0.00000400. The molecule has 6 heteroatoms. The van der Waals surface area contributed by atoms with Crippen molar-refractivity contribution in [2.45, 2.75) is 65.0 Å². The van der Waals surface area contributed by atoms with E-state index in [1.54, 1.807) is 0 Å². The predicted molar refractivity (Wildman–Crippen MR) is 87.3 cm³/mol. The lowest BCUT2D eigenvalue weighted by Gasteiger charge is -2.28. The zero-order valence-electron chi connectivity index (χ0n) is 13.4. The van der Waals surface area contributed by atoms with Crippen molar-refractivity contribution in [1.82, 2.24) is 10.6 Å². The summed E-state index contributed by atoms with van der Waals surface area (Å²) in [7, 11) is 0. The summed E-state index contributed by atoms with van der Waals surface area (Å²) in [5.41, 5.74) is 5.72. The van der Waals surface area contributed by atoms with Gasteiger partial charge in [0.2, 0.25) is 11.8 Å². The molecule has 5 nitrogen and oxygen atoms in total. The van der Waals surface area contributed by atoms with Crippen LogP contribution in [0.15, 0.2) is 0 Å². The van der Waals surface area contributed by atoms with Crippen LogP contribution < -0.4 is 16.4 Å². The summed E-state index contributed by atoms with van der Waals surface area (Å²) in [6.07, 6.45) is 6.19. The van der Waals surface area contributed by atoms with Gasteiger partial charge in [-0.05, 0) is 31.6 Å². The highest BCUT2D eigenvalue weighted by atomic mass is 35.5. The van der Waals surface area contributed by atoms with Crippen molar-refractivity contribution in [3.05, 3.63) is 0 Å². The summed E-state index contributed by atoms with van der Waals surface area (Å²) in [6, 6.07) is -0.378. The van der Waals surface area contributed by atoms with Gasteiger partial charge in [-0.2, -0.15) is 0 Å². The zero-order valence-corrected chi connectivity index (χ0v) is 14.2. The van der Waals surface area contributed by atoms with Crippen LogP contribution in [0.1, 0.15) is 52.9 Å². The maximum atomic E-state index is 11.8. The van der Waals surface area contributed by atoms with E-state index in [9.17, 15) is 9.59 Å². The fraction of sp³-hybridized carbons (Fsp3) is 0.867. The van der Waals surface area contributed by atoms with Crippen LogP contribution in [0.25, 0.3) is 0 Å². The SMILES string of the molecule is CC(NC(=O)CNC(=O)[C@@H](N)C(C)C)C1CCCCC1.Cl. The Morgan fingerprint density at radius 2 is 1.71 bits per heavy atom. The topological polar surface area (TPSA) is 84.2 Å². The smallest absolute Gasteiger partial charge is 0.239 e. The molecule has 124 valence electrons. The molecule has 2 amide bonds. The highest BCUT2D eigenvalue weighted by molar-refractivity contribution is 5.87. The number of nitrogens with two attached hydrogens (primary N) is 1. The average Bonchev–Trinajstić information content (AvgIpc) is 2.44. The van der Waals surface area contributed by atoms with Gasteiger partial charge in [-0.1, -0.05) is 33.1 Å². The summed E-state index contributed by atoms with van der Waals surface area (Å²) in [5, 5.41) is 5.57. The minimum Gasteiger partial charge on any atom is -0.352 e. The van der Waals surface area contributed by atoms with E-state index in [1.165, 1.54) is 32.1 Å². The summed E-state index contributed by atoms with van der Waals surface area (Å²) in [4.78, 5) is 23.5. The molecule has 0 aromatic rings. The molecule has 0 saturated heterocycles. The molecule has 4 N–H and O–H groups in total. The van der Waals surface area contributed by atoms with Crippen molar-refractivity contribution in [2.24, 2.45) is 17.6 Å². The van der Waals surface area contributed by atoms with Gasteiger partial charge in [0.1, 0.15) is 0 Å². The first-order chi connectivity index (χ1) is 9.41. The summed E-state index contributed by atoms with van der Waals surface area (Å²) in [6.45, 7) is 5.83. The quantitative estimate of drug-likeness (QED) is 0.695. The second-order valence-electron chi connectivity index (χ2n) is 6.24. The molecule has 2 atom stereocenters. The van der Waals surface area contributed by atoms with Crippen LogP contribution in [0.3, 0.4) is 0 Å². The van der Waals surface area contributed by atoms with Crippen molar-refractivity contribution < 1.29 is 9.59 Å². The van der Waals surface area contributed by atoms with Crippen molar-refractivity contribution in [1.29, 1.82) is 0 Å². The van der Waals surface area contributed by atoms with Gasteiger partial charge in [-0.15, -0.1) is 12.4 Å². The zero-order chi connectivity index (χ0) is 15.1.